The Kier molecular flexibility index (Phi) is 4.11. The summed E-state index contributed by atoms with van der Waals surface area (Å²) in [4.78, 5) is 2.61. The van der Waals surface area contributed by atoms with Gasteiger partial charge in [-0.2, -0.15) is 0 Å². The van der Waals surface area contributed by atoms with Crippen molar-refractivity contribution in [1.29, 1.82) is 0 Å². The molecule has 1 aliphatic carbocycles. The fourth-order valence-corrected chi connectivity index (χ4v) is 3.93. The normalized spacial score (nSPS) is 35.3. The molecule has 3 nitrogen and oxygen atoms in total. The molecule has 110 valence electrons. The van der Waals surface area contributed by atoms with Crippen molar-refractivity contribution in [2.75, 3.05) is 19.7 Å². The molecule has 3 unspecified atom stereocenters. The first-order chi connectivity index (χ1) is 9.70. The molecule has 0 bridgehead atoms. The molecule has 0 spiro atoms. The van der Waals surface area contributed by atoms with Crippen molar-refractivity contribution in [2.45, 2.75) is 49.6 Å². The number of likely N-dealkylation sites (tertiary alicyclic amines) is 1. The minimum Gasteiger partial charge on any atom is -0.394 e. The van der Waals surface area contributed by atoms with E-state index < -0.39 is 0 Å². The molecule has 2 fully saturated rings. The summed E-state index contributed by atoms with van der Waals surface area (Å²) in [6, 6.07) is 11.4. The summed E-state index contributed by atoms with van der Waals surface area (Å²) >= 11 is 0. The van der Waals surface area contributed by atoms with E-state index in [0.29, 0.717) is 12.0 Å². The molecule has 1 saturated heterocycles. The first-order valence-electron chi connectivity index (χ1n) is 7.89. The SMILES string of the molecule is NC1(CO)CCCC(N2CCC(c3ccccc3)C2)C1. The van der Waals surface area contributed by atoms with Gasteiger partial charge in [0, 0.05) is 18.1 Å². The Morgan fingerprint density at radius 1 is 1.25 bits per heavy atom. The maximum atomic E-state index is 9.50. The third-order valence-corrected chi connectivity index (χ3v) is 5.18. The summed E-state index contributed by atoms with van der Waals surface area (Å²) in [5.41, 5.74) is 7.41. The minimum absolute atomic E-state index is 0.124. The number of hydrogen-bond donors (Lipinski definition) is 2. The molecule has 1 aromatic carbocycles. The average molecular weight is 274 g/mol. The molecule has 1 aromatic rings. The molecule has 3 heteroatoms. The summed E-state index contributed by atoms with van der Waals surface area (Å²) < 4.78 is 0. The summed E-state index contributed by atoms with van der Waals surface area (Å²) in [7, 11) is 0. The predicted molar refractivity (Wildman–Crippen MR) is 81.6 cm³/mol. The third-order valence-electron chi connectivity index (χ3n) is 5.18. The van der Waals surface area contributed by atoms with Crippen molar-refractivity contribution >= 4 is 0 Å². The third kappa shape index (κ3) is 2.90. The lowest BCUT2D eigenvalue weighted by molar-refractivity contribution is 0.0931. The topological polar surface area (TPSA) is 49.5 Å². The summed E-state index contributed by atoms with van der Waals surface area (Å²) in [5.74, 6) is 0.666. The van der Waals surface area contributed by atoms with Crippen molar-refractivity contribution in [3.05, 3.63) is 35.9 Å². The highest BCUT2D eigenvalue weighted by Gasteiger charge is 2.37. The molecule has 1 heterocycles. The Labute approximate surface area is 121 Å². The van der Waals surface area contributed by atoms with E-state index in [4.69, 9.17) is 5.73 Å². The van der Waals surface area contributed by atoms with Crippen LogP contribution in [0.4, 0.5) is 0 Å². The van der Waals surface area contributed by atoms with Gasteiger partial charge in [-0.05, 0) is 50.1 Å². The van der Waals surface area contributed by atoms with Crippen LogP contribution in [0.15, 0.2) is 30.3 Å². The van der Waals surface area contributed by atoms with Gasteiger partial charge < -0.3 is 10.8 Å². The number of nitrogens with two attached hydrogens (primary N) is 1. The zero-order chi connectivity index (χ0) is 14.0. The Hall–Kier alpha value is -0.900. The first-order valence-corrected chi connectivity index (χ1v) is 7.89. The van der Waals surface area contributed by atoms with Crippen molar-refractivity contribution < 1.29 is 5.11 Å². The lowest BCUT2D eigenvalue weighted by Crippen LogP contribution is -2.52. The lowest BCUT2D eigenvalue weighted by atomic mass is 9.80. The highest BCUT2D eigenvalue weighted by atomic mass is 16.3. The molecule has 1 saturated carbocycles. The second-order valence-electron chi connectivity index (χ2n) is 6.66. The molecule has 3 atom stereocenters. The average Bonchev–Trinajstić information content (AvgIpc) is 2.98. The van der Waals surface area contributed by atoms with Crippen molar-refractivity contribution in [3.8, 4) is 0 Å². The lowest BCUT2D eigenvalue weighted by Gasteiger charge is -2.40. The Morgan fingerprint density at radius 2 is 2.05 bits per heavy atom. The first kappa shape index (κ1) is 14.1. The van der Waals surface area contributed by atoms with Crippen molar-refractivity contribution in [2.24, 2.45) is 5.73 Å². The maximum Gasteiger partial charge on any atom is 0.0611 e. The quantitative estimate of drug-likeness (QED) is 0.887. The van der Waals surface area contributed by atoms with E-state index in [2.05, 4.69) is 35.2 Å². The van der Waals surface area contributed by atoms with Gasteiger partial charge in [-0.1, -0.05) is 30.3 Å². The highest BCUT2D eigenvalue weighted by Crippen LogP contribution is 2.34. The van der Waals surface area contributed by atoms with Gasteiger partial charge in [0.05, 0.1) is 6.61 Å². The molecule has 2 aliphatic rings. The number of benzene rings is 1. The van der Waals surface area contributed by atoms with E-state index in [1.165, 1.54) is 24.9 Å². The Bertz CT molecular complexity index is 436. The van der Waals surface area contributed by atoms with E-state index in [0.717, 1.165) is 25.8 Å². The molecule has 0 radical (unpaired) electrons. The number of aliphatic hydroxyl groups is 1. The van der Waals surface area contributed by atoms with Crippen LogP contribution < -0.4 is 5.73 Å². The van der Waals surface area contributed by atoms with Gasteiger partial charge in [-0.3, -0.25) is 4.90 Å². The molecule has 1 aliphatic heterocycles. The number of rotatable bonds is 3. The molecular weight excluding hydrogens is 248 g/mol. The largest absolute Gasteiger partial charge is 0.394 e. The smallest absolute Gasteiger partial charge is 0.0611 e. The summed E-state index contributed by atoms with van der Waals surface area (Å²) in [6.45, 7) is 2.45. The van der Waals surface area contributed by atoms with Crippen molar-refractivity contribution in [3.63, 3.8) is 0 Å². The van der Waals surface area contributed by atoms with Crippen LogP contribution in [0.25, 0.3) is 0 Å². The second kappa shape index (κ2) is 5.84. The highest BCUT2D eigenvalue weighted by molar-refractivity contribution is 5.21. The van der Waals surface area contributed by atoms with E-state index in [9.17, 15) is 5.11 Å². The Morgan fingerprint density at radius 3 is 2.80 bits per heavy atom. The van der Waals surface area contributed by atoms with Crippen molar-refractivity contribution in [1.82, 2.24) is 4.90 Å². The van der Waals surface area contributed by atoms with Crippen LogP contribution in [-0.2, 0) is 0 Å². The van der Waals surface area contributed by atoms with Crippen LogP contribution in [0.3, 0.4) is 0 Å². The van der Waals surface area contributed by atoms with E-state index in [-0.39, 0.29) is 12.1 Å². The van der Waals surface area contributed by atoms with Crippen LogP contribution in [0.1, 0.15) is 43.6 Å². The monoisotopic (exact) mass is 274 g/mol. The van der Waals surface area contributed by atoms with E-state index in [1.54, 1.807) is 0 Å². The predicted octanol–water partition coefficient (Wildman–Crippen LogP) is 2.11. The number of aliphatic hydroxyl groups excluding tert-OH is 1. The van der Waals surface area contributed by atoms with Gasteiger partial charge in [0.2, 0.25) is 0 Å². The second-order valence-corrected chi connectivity index (χ2v) is 6.66. The number of hydrogen-bond acceptors (Lipinski definition) is 3. The van der Waals surface area contributed by atoms with Crippen LogP contribution in [0.5, 0.6) is 0 Å². The van der Waals surface area contributed by atoms with Gasteiger partial charge in [-0.15, -0.1) is 0 Å². The van der Waals surface area contributed by atoms with E-state index in [1.807, 2.05) is 0 Å². The van der Waals surface area contributed by atoms with Gasteiger partial charge in [0.15, 0.2) is 0 Å². The number of nitrogens with zero attached hydrogens (tertiary/aromatic N) is 1. The van der Waals surface area contributed by atoms with Gasteiger partial charge in [0.1, 0.15) is 0 Å². The van der Waals surface area contributed by atoms with Gasteiger partial charge >= 0.3 is 0 Å². The van der Waals surface area contributed by atoms with Crippen LogP contribution in [0.2, 0.25) is 0 Å². The fraction of sp³-hybridized carbons (Fsp3) is 0.647. The molecule has 3 rings (SSSR count). The molecule has 20 heavy (non-hydrogen) atoms. The molecular formula is C17H26N2O. The van der Waals surface area contributed by atoms with Gasteiger partial charge in [-0.25, -0.2) is 0 Å². The standard InChI is InChI=1S/C17H26N2O/c18-17(13-20)9-4-7-16(11-17)19-10-8-15(12-19)14-5-2-1-3-6-14/h1-3,5-6,15-16,20H,4,7-13,18H2. The van der Waals surface area contributed by atoms with Gasteiger partial charge in [0.25, 0.3) is 0 Å². The van der Waals surface area contributed by atoms with Crippen LogP contribution in [0, 0.1) is 0 Å². The molecule has 0 amide bonds. The Balaban J connectivity index is 1.62. The minimum atomic E-state index is -0.340. The molecule has 0 aromatic heterocycles. The van der Waals surface area contributed by atoms with E-state index >= 15 is 0 Å². The summed E-state index contributed by atoms with van der Waals surface area (Å²) in [6.07, 6.45) is 5.55. The molecule has 3 N–H and O–H groups in total. The van der Waals surface area contributed by atoms with Crippen LogP contribution in [-0.4, -0.2) is 41.3 Å². The zero-order valence-electron chi connectivity index (χ0n) is 12.2. The summed E-state index contributed by atoms with van der Waals surface area (Å²) in [5, 5.41) is 9.50. The fourth-order valence-electron chi connectivity index (χ4n) is 3.93. The van der Waals surface area contributed by atoms with Crippen LogP contribution >= 0.6 is 0 Å². The maximum absolute atomic E-state index is 9.50. The zero-order valence-corrected chi connectivity index (χ0v) is 12.2.